The standard InChI is InChI=1S/C43H41N6O8Si/c1-42(2,3)35(51)34-33(50)36(55-23-24-56-49-40(53)30-21-13-14-22-31(30)41(49)54)43(57-34,58(28-17-9-5-10-18-28)29-19-11-6-12-20-29)48-26-46-32-37(44-25-45-38(32)48)47-39(52)27-15-7-4-8-16-27/h4-22,25-26,33-36,50-51H,23-24H2,1-3H3,(H,44,45,47,52)/t33-,34+,35?,36-,43+/m1/s1. The summed E-state index contributed by atoms with van der Waals surface area (Å²) in [7, 11) is -2.33. The summed E-state index contributed by atoms with van der Waals surface area (Å²) in [5.41, 5.74) is 0.652. The summed E-state index contributed by atoms with van der Waals surface area (Å²) < 4.78 is 15.6. The summed E-state index contributed by atoms with van der Waals surface area (Å²) in [4.78, 5) is 59.1. The molecule has 4 aromatic carbocycles. The van der Waals surface area contributed by atoms with Crippen molar-refractivity contribution < 1.29 is 38.9 Å². The third kappa shape index (κ3) is 6.91. The van der Waals surface area contributed by atoms with Gasteiger partial charge in [-0.15, -0.1) is 5.06 Å². The van der Waals surface area contributed by atoms with Gasteiger partial charge < -0.3 is 25.0 Å². The first-order valence-corrected chi connectivity index (χ1v) is 20.3. The second kappa shape index (κ2) is 15.8. The van der Waals surface area contributed by atoms with E-state index in [1.54, 1.807) is 53.1 Å². The molecule has 3 N–H and O–H groups in total. The molecular weight excluding hydrogens is 757 g/mol. The van der Waals surface area contributed by atoms with Gasteiger partial charge in [-0.2, -0.15) is 0 Å². The number of carbonyl (C=O) groups is 3. The van der Waals surface area contributed by atoms with Gasteiger partial charge in [-0.25, -0.2) is 15.0 Å². The lowest BCUT2D eigenvalue weighted by Gasteiger charge is -2.42. The van der Waals surface area contributed by atoms with Gasteiger partial charge in [0.25, 0.3) is 17.7 Å². The van der Waals surface area contributed by atoms with Gasteiger partial charge in [0.05, 0.1) is 36.8 Å². The molecule has 6 aromatic rings. The molecule has 4 heterocycles. The van der Waals surface area contributed by atoms with E-state index in [-0.39, 0.29) is 41.3 Å². The summed E-state index contributed by atoms with van der Waals surface area (Å²) >= 11 is 0. The van der Waals surface area contributed by atoms with Crippen LogP contribution < -0.4 is 15.7 Å². The molecule has 8 rings (SSSR count). The Hall–Kier alpha value is -5.94. The second-order valence-electron chi connectivity index (χ2n) is 15.1. The average Bonchev–Trinajstić information content (AvgIpc) is 3.88. The molecule has 1 radical (unpaired) electrons. The van der Waals surface area contributed by atoms with Gasteiger partial charge in [0.1, 0.15) is 24.6 Å². The summed E-state index contributed by atoms with van der Waals surface area (Å²) in [6.45, 7) is 5.08. The predicted molar refractivity (Wildman–Crippen MR) is 215 cm³/mol. The van der Waals surface area contributed by atoms with Gasteiger partial charge in [-0.1, -0.05) is 122 Å². The maximum Gasteiger partial charge on any atom is 0.285 e. The normalized spacial score (nSPS) is 21.1. The molecule has 15 heteroatoms. The van der Waals surface area contributed by atoms with Gasteiger partial charge in [-0.05, 0) is 29.7 Å². The number of hydroxylamine groups is 2. The Balaban J connectivity index is 1.25. The lowest BCUT2D eigenvalue weighted by Crippen LogP contribution is -2.67. The number of nitrogens with zero attached hydrogens (tertiary/aromatic N) is 5. The van der Waals surface area contributed by atoms with Crippen LogP contribution in [0.15, 0.2) is 128 Å². The number of aliphatic hydroxyl groups is 2. The van der Waals surface area contributed by atoms with Crippen LogP contribution in [0.5, 0.6) is 0 Å². The minimum Gasteiger partial charge on any atom is -0.390 e. The summed E-state index contributed by atoms with van der Waals surface area (Å²) in [6.07, 6.45) is -2.21. The minimum atomic E-state index is -2.33. The maximum atomic E-state index is 13.4. The molecule has 1 unspecified atom stereocenters. The Labute approximate surface area is 335 Å². The zero-order chi connectivity index (χ0) is 40.6. The Morgan fingerprint density at radius 2 is 1.41 bits per heavy atom. The highest BCUT2D eigenvalue weighted by Crippen LogP contribution is 2.45. The number of amides is 3. The van der Waals surface area contributed by atoms with Crippen molar-refractivity contribution in [3.05, 3.63) is 145 Å². The van der Waals surface area contributed by atoms with Crippen LogP contribution in [-0.4, -0.2) is 98.9 Å². The average molecular weight is 798 g/mol. The number of imide groups is 1. The molecule has 58 heavy (non-hydrogen) atoms. The number of benzene rings is 4. The van der Waals surface area contributed by atoms with E-state index in [4.69, 9.17) is 19.3 Å². The van der Waals surface area contributed by atoms with Crippen LogP contribution in [0.3, 0.4) is 0 Å². The SMILES string of the molecule is CC(C)(C)C(O)[C@H]1O[C@](n2cnc3c(NC(=O)c4ccccc4)ncnc32)([Si](c2ccccc2)c2ccccc2)[C@H](OCCON2C(=O)c3ccccc3C2=O)[C@@H]1O. The van der Waals surface area contributed by atoms with Crippen molar-refractivity contribution in [2.75, 3.05) is 18.5 Å². The molecular formula is C43H41N6O8Si. The zero-order valence-electron chi connectivity index (χ0n) is 31.9. The van der Waals surface area contributed by atoms with E-state index < -0.39 is 61.7 Å². The number of rotatable bonds is 12. The van der Waals surface area contributed by atoms with E-state index in [1.165, 1.54) is 12.7 Å². The van der Waals surface area contributed by atoms with Crippen molar-refractivity contribution in [1.29, 1.82) is 0 Å². The van der Waals surface area contributed by atoms with Crippen molar-refractivity contribution in [2.24, 2.45) is 5.41 Å². The van der Waals surface area contributed by atoms with Gasteiger partial charge in [0, 0.05) is 5.56 Å². The predicted octanol–water partition coefficient (Wildman–Crippen LogP) is 3.36. The molecule has 1 fully saturated rings. The molecule has 0 aliphatic carbocycles. The Morgan fingerprint density at radius 3 is 2.00 bits per heavy atom. The third-order valence-electron chi connectivity index (χ3n) is 10.3. The number of aromatic nitrogens is 4. The first-order chi connectivity index (χ1) is 28.0. The monoisotopic (exact) mass is 797 g/mol. The fourth-order valence-corrected chi connectivity index (χ4v) is 10.9. The lowest BCUT2D eigenvalue weighted by atomic mass is 9.84. The molecule has 2 aliphatic heterocycles. The number of carbonyl (C=O) groups excluding carboxylic acids is 3. The van der Waals surface area contributed by atoms with Crippen molar-refractivity contribution in [3.63, 3.8) is 0 Å². The molecule has 14 nitrogen and oxygen atoms in total. The number of hydrogen-bond donors (Lipinski definition) is 3. The Bertz CT molecular complexity index is 2370. The Kier molecular flexibility index (Phi) is 10.6. The summed E-state index contributed by atoms with van der Waals surface area (Å²) in [6, 6.07) is 34.6. The quantitative estimate of drug-likeness (QED) is 0.0940. The number of nitrogens with one attached hydrogen (secondary N) is 1. The minimum absolute atomic E-state index is 0.151. The summed E-state index contributed by atoms with van der Waals surface area (Å²) in [5, 5.41) is 28.1. The molecule has 0 spiro atoms. The van der Waals surface area contributed by atoms with Crippen LogP contribution in [0.2, 0.25) is 0 Å². The smallest absolute Gasteiger partial charge is 0.285 e. The molecule has 2 aliphatic rings. The fourth-order valence-electron chi connectivity index (χ4n) is 7.54. The van der Waals surface area contributed by atoms with Crippen LogP contribution in [0, 0.1) is 5.41 Å². The highest BCUT2D eigenvalue weighted by Gasteiger charge is 2.65. The van der Waals surface area contributed by atoms with Crippen LogP contribution in [0.25, 0.3) is 11.2 Å². The van der Waals surface area contributed by atoms with Gasteiger partial charge in [-0.3, -0.25) is 23.8 Å². The highest BCUT2D eigenvalue weighted by atomic mass is 28.3. The van der Waals surface area contributed by atoms with E-state index in [2.05, 4.69) is 15.3 Å². The van der Waals surface area contributed by atoms with Gasteiger partial charge >= 0.3 is 0 Å². The molecule has 1 saturated heterocycles. The molecule has 2 aromatic heterocycles. The van der Waals surface area contributed by atoms with Gasteiger partial charge in [0.2, 0.25) is 0 Å². The molecule has 295 valence electrons. The van der Waals surface area contributed by atoms with Crippen LogP contribution in [0.1, 0.15) is 51.8 Å². The zero-order valence-corrected chi connectivity index (χ0v) is 32.9. The largest absolute Gasteiger partial charge is 0.390 e. The van der Waals surface area contributed by atoms with Crippen LogP contribution >= 0.6 is 0 Å². The van der Waals surface area contributed by atoms with Crippen molar-refractivity contribution in [1.82, 2.24) is 24.6 Å². The van der Waals surface area contributed by atoms with E-state index in [0.29, 0.717) is 10.6 Å². The van der Waals surface area contributed by atoms with Crippen molar-refractivity contribution in [2.45, 2.75) is 50.5 Å². The van der Waals surface area contributed by atoms with E-state index in [1.807, 2.05) is 87.5 Å². The first kappa shape index (κ1) is 38.9. The number of ether oxygens (including phenoxy) is 2. The highest BCUT2D eigenvalue weighted by molar-refractivity contribution is 6.86. The van der Waals surface area contributed by atoms with E-state index in [0.717, 1.165) is 10.4 Å². The number of hydrogen-bond acceptors (Lipinski definition) is 11. The van der Waals surface area contributed by atoms with Gasteiger partial charge in [0.15, 0.2) is 31.1 Å². The molecule has 0 saturated carbocycles. The van der Waals surface area contributed by atoms with E-state index >= 15 is 0 Å². The summed E-state index contributed by atoms with van der Waals surface area (Å²) in [5.74, 6) is -1.43. The number of anilines is 1. The van der Waals surface area contributed by atoms with E-state index in [9.17, 15) is 24.6 Å². The fraction of sp³-hybridized carbons (Fsp3) is 0.256. The molecule has 0 bridgehead atoms. The third-order valence-corrected chi connectivity index (χ3v) is 13.5. The lowest BCUT2D eigenvalue weighted by molar-refractivity contribution is -0.147. The van der Waals surface area contributed by atoms with Crippen LogP contribution in [0.4, 0.5) is 5.82 Å². The first-order valence-electron chi connectivity index (χ1n) is 18.8. The van der Waals surface area contributed by atoms with Crippen molar-refractivity contribution in [3.8, 4) is 0 Å². The Morgan fingerprint density at radius 1 is 0.845 bits per heavy atom. The maximum absolute atomic E-state index is 13.4. The number of aliphatic hydroxyl groups excluding tert-OH is 2. The van der Waals surface area contributed by atoms with Crippen molar-refractivity contribution >= 4 is 53.9 Å². The number of imidazole rings is 1. The molecule has 5 atom stereocenters. The van der Waals surface area contributed by atoms with Crippen LogP contribution in [-0.2, 0) is 19.7 Å². The topological polar surface area (TPSA) is 178 Å². The number of fused-ring (bicyclic) bond motifs is 2. The second-order valence-corrected chi connectivity index (χ2v) is 17.7. The molecule has 3 amide bonds.